The summed E-state index contributed by atoms with van der Waals surface area (Å²) in [6.07, 6.45) is 1.44. The molecule has 0 spiro atoms. The first-order valence-electron chi connectivity index (χ1n) is 10.4. The lowest BCUT2D eigenvalue weighted by atomic mass is 9.67. The smallest absolute Gasteiger partial charge is 0.238 e. The SMILES string of the molecule is CC1CN(C(Cc2ccccc2)C(=O)NCC(N)=O)CCC1(C)c1cccc(O)c1. The number of phenols is 1. The van der Waals surface area contributed by atoms with Gasteiger partial charge in [0.05, 0.1) is 12.6 Å². The number of nitrogens with two attached hydrogens (primary N) is 1. The van der Waals surface area contributed by atoms with E-state index < -0.39 is 5.91 Å². The molecular formula is C24H31N3O3. The monoisotopic (exact) mass is 409 g/mol. The zero-order chi connectivity index (χ0) is 21.7. The van der Waals surface area contributed by atoms with E-state index in [1.807, 2.05) is 42.5 Å². The van der Waals surface area contributed by atoms with E-state index >= 15 is 0 Å². The number of nitrogens with one attached hydrogen (secondary N) is 1. The maximum absolute atomic E-state index is 12.9. The minimum absolute atomic E-state index is 0.0871. The number of hydrogen-bond donors (Lipinski definition) is 3. The predicted octanol–water partition coefficient (Wildman–Crippen LogP) is 2.20. The van der Waals surface area contributed by atoms with E-state index in [2.05, 4.69) is 30.1 Å². The molecule has 0 aliphatic carbocycles. The summed E-state index contributed by atoms with van der Waals surface area (Å²) in [6, 6.07) is 17.0. The summed E-state index contributed by atoms with van der Waals surface area (Å²) in [7, 11) is 0. The molecule has 3 unspecified atom stereocenters. The summed E-state index contributed by atoms with van der Waals surface area (Å²) in [5.41, 5.74) is 7.32. The Morgan fingerprint density at radius 1 is 1.23 bits per heavy atom. The molecule has 1 aliphatic heterocycles. The van der Waals surface area contributed by atoms with E-state index in [9.17, 15) is 14.7 Å². The number of primary amides is 1. The minimum Gasteiger partial charge on any atom is -0.508 e. The first kappa shape index (κ1) is 21.8. The van der Waals surface area contributed by atoms with Crippen LogP contribution in [0.3, 0.4) is 0 Å². The number of nitrogens with zero attached hydrogens (tertiary/aromatic N) is 1. The molecule has 2 aromatic rings. The maximum atomic E-state index is 12.9. The molecule has 1 saturated heterocycles. The fraction of sp³-hybridized carbons (Fsp3) is 0.417. The van der Waals surface area contributed by atoms with Gasteiger partial charge in [-0.2, -0.15) is 0 Å². The summed E-state index contributed by atoms with van der Waals surface area (Å²) >= 11 is 0. The molecule has 1 fully saturated rings. The summed E-state index contributed by atoms with van der Waals surface area (Å²) in [5.74, 6) is -0.178. The number of aromatic hydroxyl groups is 1. The van der Waals surface area contributed by atoms with Crippen LogP contribution in [0.4, 0.5) is 0 Å². The first-order valence-corrected chi connectivity index (χ1v) is 10.4. The van der Waals surface area contributed by atoms with Gasteiger partial charge in [-0.15, -0.1) is 0 Å². The lowest BCUT2D eigenvalue weighted by Crippen LogP contribution is -2.56. The number of rotatable bonds is 7. The Kier molecular flexibility index (Phi) is 6.77. The number of carbonyl (C=O) groups is 2. The average molecular weight is 410 g/mol. The fourth-order valence-electron chi connectivity index (χ4n) is 4.36. The van der Waals surface area contributed by atoms with Crippen LogP contribution in [-0.2, 0) is 21.4 Å². The Balaban J connectivity index is 1.79. The molecule has 6 nitrogen and oxygen atoms in total. The van der Waals surface area contributed by atoms with Crippen molar-refractivity contribution < 1.29 is 14.7 Å². The van der Waals surface area contributed by atoms with Gasteiger partial charge in [0.2, 0.25) is 11.8 Å². The molecule has 0 radical (unpaired) electrons. The molecule has 3 rings (SSSR count). The molecule has 1 aliphatic rings. The van der Waals surface area contributed by atoms with Crippen molar-refractivity contribution in [1.29, 1.82) is 0 Å². The van der Waals surface area contributed by atoms with Crippen molar-refractivity contribution in [2.24, 2.45) is 11.7 Å². The van der Waals surface area contributed by atoms with Gasteiger partial charge in [0, 0.05) is 6.54 Å². The molecule has 1 heterocycles. The number of amides is 2. The normalized spacial score (nSPS) is 22.9. The Morgan fingerprint density at radius 2 is 1.97 bits per heavy atom. The van der Waals surface area contributed by atoms with Gasteiger partial charge in [0.25, 0.3) is 0 Å². The van der Waals surface area contributed by atoms with Crippen LogP contribution >= 0.6 is 0 Å². The van der Waals surface area contributed by atoms with E-state index in [0.29, 0.717) is 6.42 Å². The molecule has 3 atom stereocenters. The molecule has 0 saturated carbocycles. The third-order valence-corrected chi connectivity index (χ3v) is 6.47. The van der Waals surface area contributed by atoms with E-state index in [-0.39, 0.29) is 35.6 Å². The van der Waals surface area contributed by atoms with Gasteiger partial charge >= 0.3 is 0 Å². The van der Waals surface area contributed by atoms with Crippen molar-refractivity contribution in [2.45, 2.75) is 38.1 Å². The van der Waals surface area contributed by atoms with Gasteiger partial charge in [0.15, 0.2) is 0 Å². The highest BCUT2D eigenvalue weighted by molar-refractivity contribution is 5.87. The van der Waals surface area contributed by atoms with Crippen molar-refractivity contribution >= 4 is 11.8 Å². The van der Waals surface area contributed by atoms with E-state index in [0.717, 1.165) is 30.6 Å². The number of likely N-dealkylation sites (tertiary alicyclic amines) is 1. The highest BCUT2D eigenvalue weighted by Gasteiger charge is 2.41. The topological polar surface area (TPSA) is 95.7 Å². The summed E-state index contributed by atoms with van der Waals surface area (Å²) in [5, 5.41) is 12.6. The quantitative estimate of drug-likeness (QED) is 0.653. The average Bonchev–Trinajstić information content (AvgIpc) is 2.73. The molecule has 160 valence electrons. The second kappa shape index (κ2) is 9.30. The lowest BCUT2D eigenvalue weighted by Gasteiger charge is -2.47. The molecule has 4 N–H and O–H groups in total. The van der Waals surface area contributed by atoms with Crippen molar-refractivity contribution in [2.75, 3.05) is 19.6 Å². The number of piperidine rings is 1. The number of hydrogen-bond acceptors (Lipinski definition) is 4. The van der Waals surface area contributed by atoms with Crippen LogP contribution in [0, 0.1) is 5.92 Å². The molecule has 0 aromatic heterocycles. The van der Waals surface area contributed by atoms with Crippen LogP contribution < -0.4 is 11.1 Å². The molecule has 30 heavy (non-hydrogen) atoms. The molecule has 0 bridgehead atoms. The Hall–Kier alpha value is -2.86. The maximum Gasteiger partial charge on any atom is 0.238 e. The van der Waals surface area contributed by atoms with Crippen molar-refractivity contribution in [3.05, 3.63) is 65.7 Å². The summed E-state index contributed by atoms with van der Waals surface area (Å²) in [6.45, 7) is 5.75. The van der Waals surface area contributed by atoms with E-state index in [1.54, 1.807) is 6.07 Å². The van der Waals surface area contributed by atoms with Gasteiger partial charge in [-0.3, -0.25) is 14.5 Å². The third-order valence-electron chi connectivity index (χ3n) is 6.47. The van der Waals surface area contributed by atoms with Crippen LogP contribution in [-0.4, -0.2) is 47.5 Å². The predicted molar refractivity (Wildman–Crippen MR) is 117 cm³/mol. The molecule has 6 heteroatoms. The Bertz CT molecular complexity index is 886. The van der Waals surface area contributed by atoms with Gasteiger partial charge in [-0.25, -0.2) is 0 Å². The summed E-state index contributed by atoms with van der Waals surface area (Å²) < 4.78 is 0. The van der Waals surface area contributed by atoms with Gasteiger partial charge < -0.3 is 16.2 Å². The van der Waals surface area contributed by atoms with Gasteiger partial charge in [-0.1, -0.05) is 56.3 Å². The van der Waals surface area contributed by atoms with Crippen LogP contribution in [0.15, 0.2) is 54.6 Å². The Morgan fingerprint density at radius 3 is 2.60 bits per heavy atom. The van der Waals surface area contributed by atoms with Gasteiger partial charge in [0.1, 0.15) is 5.75 Å². The van der Waals surface area contributed by atoms with E-state index in [4.69, 9.17) is 5.73 Å². The fourth-order valence-corrected chi connectivity index (χ4v) is 4.36. The largest absolute Gasteiger partial charge is 0.508 e. The minimum atomic E-state index is -0.551. The zero-order valence-corrected chi connectivity index (χ0v) is 17.7. The summed E-state index contributed by atoms with van der Waals surface area (Å²) in [4.78, 5) is 26.3. The van der Waals surface area contributed by atoms with Crippen LogP contribution in [0.25, 0.3) is 0 Å². The van der Waals surface area contributed by atoms with Crippen LogP contribution in [0.2, 0.25) is 0 Å². The van der Waals surface area contributed by atoms with Gasteiger partial charge in [-0.05, 0) is 54.0 Å². The van der Waals surface area contributed by atoms with Crippen molar-refractivity contribution in [3.63, 3.8) is 0 Å². The number of benzene rings is 2. The Labute approximate surface area is 178 Å². The standard InChI is InChI=1S/C24H31N3O3/c1-17-16-27(12-11-24(17,2)19-9-6-10-20(28)14-19)21(23(30)26-15-22(25)29)13-18-7-4-3-5-8-18/h3-10,14,17,21,28H,11-13,15-16H2,1-2H3,(H2,25,29)(H,26,30). The number of carbonyl (C=O) groups excluding carboxylic acids is 2. The second-order valence-corrected chi connectivity index (χ2v) is 8.50. The zero-order valence-electron chi connectivity index (χ0n) is 17.7. The highest BCUT2D eigenvalue weighted by Crippen LogP contribution is 2.40. The second-order valence-electron chi connectivity index (χ2n) is 8.50. The number of phenolic OH excluding ortho intramolecular Hbond substituents is 1. The van der Waals surface area contributed by atoms with Crippen LogP contribution in [0.1, 0.15) is 31.4 Å². The van der Waals surface area contributed by atoms with Crippen molar-refractivity contribution in [3.8, 4) is 5.75 Å². The molecule has 2 amide bonds. The first-order chi connectivity index (χ1) is 14.3. The molecular weight excluding hydrogens is 378 g/mol. The third kappa shape index (κ3) is 5.00. The van der Waals surface area contributed by atoms with Crippen LogP contribution in [0.5, 0.6) is 5.75 Å². The van der Waals surface area contributed by atoms with Crippen molar-refractivity contribution in [1.82, 2.24) is 10.2 Å². The lowest BCUT2D eigenvalue weighted by molar-refractivity contribution is -0.129. The highest BCUT2D eigenvalue weighted by atomic mass is 16.3. The van der Waals surface area contributed by atoms with E-state index in [1.165, 1.54) is 0 Å². The molecule has 2 aromatic carbocycles.